The molecular formula is C16H22N2O4. The molecule has 120 valence electrons. The largest absolute Gasteiger partial charge is 0.492 e. The molecule has 0 fully saturated rings. The van der Waals surface area contributed by atoms with E-state index in [0.29, 0.717) is 25.3 Å². The van der Waals surface area contributed by atoms with Crippen molar-refractivity contribution >= 4 is 17.7 Å². The Hall–Kier alpha value is -2.24. The van der Waals surface area contributed by atoms with Crippen LogP contribution in [0.1, 0.15) is 26.3 Å². The van der Waals surface area contributed by atoms with E-state index in [9.17, 15) is 9.59 Å². The molecule has 0 atom stereocenters. The van der Waals surface area contributed by atoms with Gasteiger partial charge in [0, 0.05) is 12.7 Å². The molecule has 0 aromatic heterocycles. The Morgan fingerprint density at radius 2 is 2.09 bits per heavy atom. The summed E-state index contributed by atoms with van der Waals surface area (Å²) in [6.07, 6.45) is -0.0589. The van der Waals surface area contributed by atoms with Crippen LogP contribution in [0.15, 0.2) is 18.2 Å². The molecule has 1 aliphatic heterocycles. The van der Waals surface area contributed by atoms with E-state index in [1.807, 2.05) is 39.0 Å². The molecule has 0 radical (unpaired) electrons. The Morgan fingerprint density at radius 3 is 2.77 bits per heavy atom. The van der Waals surface area contributed by atoms with Crippen molar-refractivity contribution in [2.24, 2.45) is 0 Å². The van der Waals surface area contributed by atoms with Crippen molar-refractivity contribution in [1.82, 2.24) is 5.32 Å². The van der Waals surface area contributed by atoms with Gasteiger partial charge in [0.05, 0.1) is 13.0 Å². The van der Waals surface area contributed by atoms with Crippen LogP contribution < -0.4 is 15.0 Å². The lowest BCUT2D eigenvalue weighted by Crippen LogP contribution is -2.34. The maximum absolute atomic E-state index is 11.6. The highest BCUT2D eigenvalue weighted by atomic mass is 16.6. The maximum atomic E-state index is 11.6. The third kappa shape index (κ3) is 4.13. The van der Waals surface area contributed by atoms with Crippen LogP contribution in [0.3, 0.4) is 0 Å². The third-order valence-corrected chi connectivity index (χ3v) is 3.17. The summed E-state index contributed by atoms with van der Waals surface area (Å²) in [5, 5.41) is 2.63. The van der Waals surface area contributed by atoms with E-state index < -0.39 is 11.7 Å². The van der Waals surface area contributed by atoms with Crippen LogP contribution in [0.4, 0.5) is 10.5 Å². The van der Waals surface area contributed by atoms with Crippen molar-refractivity contribution < 1.29 is 19.1 Å². The number of amides is 2. The maximum Gasteiger partial charge on any atom is 0.407 e. The summed E-state index contributed by atoms with van der Waals surface area (Å²) < 4.78 is 10.7. The SMILES string of the molecule is CN1C(=O)Cc2cc(OCCNC(=O)OC(C)(C)C)ccc21. The van der Waals surface area contributed by atoms with Crippen molar-refractivity contribution in [3.63, 3.8) is 0 Å². The van der Waals surface area contributed by atoms with Crippen LogP contribution in [-0.2, 0) is 16.0 Å². The number of carbonyl (C=O) groups excluding carboxylic acids is 2. The highest BCUT2D eigenvalue weighted by Crippen LogP contribution is 2.30. The first-order valence-electron chi connectivity index (χ1n) is 7.25. The summed E-state index contributed by atoms with van der Waals surface area (Å²) in [7, 11) is 1.76. The molecular weight excluding hydrogens is 284 g/mol. The number of likely N-dealkylation sites (N-methyl/N-ethyl adjacent to an activating group) is 1. The van der Waals surface area contributed by atoms with Gasteiger partial charge in [-0.2, -0.15) is 0 Å². The Kier molecular flexibility index (Phi) is 4.59. The Morgan fingerprint density at radius 1 is 1.36 bits per heavy atom. The number of nitrogens with one attached hydrogen (secondary N) is 1. The van der Waals surface area contributed by atoms with Crippen molar-refractivity contribution in [1.29, 1.82) is 0 Å². The monoisotopic (exact) mass is 306 g/mol. The summed E-state index contributed by atoms with van der Waals surface area (Å²) in [5.41, 5.74) is 1.37. The van der Waals surface area contributed by atoms with Gasteiger partial charge in [0.15, 0.2) is 0 Å². The number of hydrogen-bond donors (Lipinski definition) is 1. The minimum atomic E-state index is -0.510. The molecule has 1 aliphatic rings. The second-order valence-electron chi connectivity index (χ2n) is 6.20. The molecule has 1 aromatic carbocycles. The van der Waals surface area contributed by atoms with Crippen LogP contribution in [0, 0.1) is 0 Å². The van der Waals surface area contributed by atoms with E-state index in [-0.39, 0.29) is 5.91 Å². The fourth-order valence-electron chi connectivity index (χ4n) is 2.17. The summed E-state index contributed by atoms with van der Waals surface area (Å²) in [6.45, 7) is 6.12. The normalized spacial score (nSPS) is 13.8. The van der Waals surface area contributed by atoms with Crippen LogP contribution in [0.25, 0.3) is 0 Å². The molecule has 1 heterocycles. The fraction of sp³-hybridized carbons (Fsp3) is 0.500. The van der Waals surface area contributed by atoms with E-state index in [4.69, 9.17) is 9.47 Å². The molecule has 0 bridgehead atoms. The zero-order valence-corrected chi connectivity index (χ0v) is 13.4. The topological polar surface area (TPSA) is 67.9 Å². The van der Waals surface area contributed by atoms with Gasteiger partial charge in [-0.1, -0.05) is 0 Å². The van der Waals surface area contributed by atoms with Crippen LogP contribution in [0.2, 0.25) is 0 Å². The fourth-order valence-corrected chi connectivity index (χ4v) is 2.17. The first-order valence-corrected chi connectivity index (χ1v) is 7.25. The highest BCUT2D eigenvalue weighted by Gasteiger charge is 2.24. The van der Waals surface area contributed by atoms with Crippen molar-refractivity contribution in [3.05, 3.63) is 23.8 Å². The number of fused-ring (bicyclic) bond motifs is 1. The van der Waals surface area contributed by atoms with Crippen LogP contribution >= 0.6 is 0 Å². The zero-order valence-electron chi connectivity index (χ0n) is 13.4. The van der Waals surface area contributed by atoms with Crippen LogP contribution in [0.5, 0.6) is 5.75 Å². The quantitative estimate of drug-likeness (QED) is 0.865. The van der Waals surface area contributed by atoms with Gasteiger partial charge in [0.25, 0.3) is 0 Å². The number of anilines is 1. The van der Waals surface area contributed by atoms with E-state index in [0.717, 1.165) is 11.3 Å². The summed E-state index contributed by atoms with van der Waals surface area (Å²) in [4.78, 5) is 24.7. The summed E-state index contributed by atoms with van der Waals surface area (Å²) >= 11 is 0. The predicted octanol–water partition coefficient (Wildman–Crippen LogP) is 2.11. The smallest absolute Gasteiger partial charge is 0.407 e. The molecule has 1 aromatic rings. The molecule has 6 nitrogen and oxygen atoms in total. The zero-order chi connectivity index (χ0) is 16.3. The number of ether oxygens (including phenoxy) is 2. The minimum absolute atomic E-state index is 0.0822. The molecule has 0 saturated heterocycles. The summed E-state index contributed by atoms with van der Waals surface area (Å²) in [5.74, 6) is 0.770. The molecule has 6 heteroatoms. The summed E-state index contributed by atoms with van der Waals surface area (Å²) in [6, 6.07) is 5.56. The van der Waals surface area contributed by atoms with E-state index in [1.54, 1.807) is 11.9 Å². The third-order valence-electron chi connectivity index (χ3n) is 3.17. The van der Waals surface area contributed by atoms with E-state index >= 15 is 0 Å². The first kappa shape index (κ1) is 16.1. The average Bonchev–Trinajstić information content (AvgIpc) is 2.68. The van der Waals surface area contributed by atoms with Gasteiger partial charge in [0.2, 0.25) is 5.91 Å². The van der Waals surface area contributed by atoms with Crippen molar-refractivity contribution in [2.75, 3.05) is 25.1 Å². The van der Waals surface area contributed by atoms with E-state index in [1.165, 1.54) is 0 Å². The molecule has 22 heavy (non-hydrogen) atoms. The first-order chi connectivity index (χ1) is 10.3. The van der Waals surface area contributed by atoms with Gasteiger partial charge in [0.1, 0.15) is 18.0 Å². The second-order valence-corrected chi connectivity index (χ2v) is 6.20. The Balaban J connectivity index is 1.78. The molecule has 2 amide bonds. The van der Waals surface area contributed by atoms with Gasteiger partial charge in [-0.05, 0) is 44.5 Å². The van der Waals surface area contributed by atoms with Crippen molar-refractivity contribution in [3.8, 4) is 5.75 Å². The predicted molar refractivity (Wildman–Crippen MR) is 83.3 cm³/mol. The lowest BCUT2D eigenvalue weighted by Gasteiger charge is -2.19. The molecule has 2 rings (SSSR count). The van der Waals surface area contributed by atoms with Crippen molar-refractivity contribution in [2.45, 2.75) is 32.8 Å². The lowest BCUT2D eigenvalue weighted by molar-refractivity contribution is -0.117. The second kappa shape index (κ2) is 6.25. The minimum Gasteiger partial charge on any atom is -0.492 e. The number of hydrogen-bond acceptors (Lipinski definition) is 4. The number of carbonyl (C=O) groups is 2. The van der Waals surface area contributed by atoms with E-state index in [2.05, 4.69) is 5.32 Å². The molecule has 0 unspecified atom stereocenters. The standard InChI is InChI=1S/C16H22N2O4/c1-16(2,3)22-15(20)17-7-8-21-12-5-6-13-11(9-12)10-14(19)18(13)4/h5-6,9H,7-8,10H2,1-4H3,(H,17,20). The van der Waals surface area contributed by atoms with Gasteiger partial charge in [-0.15, -0.1) is 0 Å². The molecule has 0 saturated carbocycles. The van der Waals surface area contributed by atoms with Gasteiger partial charge in [-0.3, -0.25) is 4.79 Å². The molecule has 0 spiro atoms. The number of benzene rings is 1. The van der Waals surface area contributed by atoms with Gasteiger partial charge in [-0.25, -0.2) is 4.79 Å². The van der Waals surface area contributed by atoms with Gasteiger partial charge >= 0.3 is 6.09 Å². The number of alkyl carbamates (subject to hydrolysis) is 1. The van der Waals surface area contributed by atoms with Crippen LogP contribution in [-0.4, -0.2) is 37.8 Å². The Labute approximate surface area is 130 Å². The average molecular weight is 306 g/mol. The number of rotatable bonds is 4. The number of nitrogens with zero attached hydrogens (tertiary/aromatic N) is 1. The Bertz CT molecular complexity index is 578. The lowest BCUT2D eigenvalue weighted by atomic mass is 10.1. The van der Waals surface area contributed by atoms with Gasteiger partial charge < -0.3 is 19.7 Å². The molecule has 1 N–H and O–H groups in total. The highest BCUT2D eigenvalue weighted by molar-refractivity contribution is 6.01. The molecule has 0 aliphatic carbocycles.